The van der Waals surface area contributed by atoms with Crippen molar-refractivity contribution in [2.75, 3.05) is 13.2 Å². The van der Waals surface area contributed by atoms with E-state index in [1.165, 1.54) is 0 Å². The number of carboxylic acids is 1. The average molecular weight is 504 g/mol. The van der Waals surface area contributed by atoms with Crippen LogP contribution in [0.5, 0.6) is 5.75 Å². The predicted octanol–water partition coefficient (Wildman–Crippen LogP) is 6.59. The predicted molar refractivity (Wildman–Crippen MR) is 135 cm³/mol. The van der Waals surface area contributed by atoms with Crippen LogP contribution < -0.4 is 4.74 Å². The molecule has 0 aliphatic carbocycles. The number of fused-ring (bicyclic) bond motifs is 1. The van der Waals surface area contributed by atoms with E-state index >= 15 is 0 Å². The first-order valence-corrected chi connectivity index (χ1v) is 12.9. The van der Waals surface area contributed by atoms with Gasteiger partial charge in [-0.2, -0.15) is 0 Å². The minimum atomic E-state index is -3.83. The van der Waals surface area contributed by atoms with Crippen molar-refractivity contribution < 1.29 is 32.8 Å². The van der Waals surface area contributed by atoms with Crippen molar-refractivity contribution in [2.45, 2.75) is 59.2 Å². The van der Waals surface area contributed by atoms with Crippen molar-refractivity contribution in [2.24, 2.45) is 0 Å². The molecule has 0 amide bonds. The molecule has 190 valence electrons. The van der Waals surface area contributed by atoms with E-state index in [9.17, 15) is 14.5 Å². The molecule has 9 heteroatoms. The number of aromatic nitrogens is 1. The number of ether oxygens (including phenoxy) is 1. The zero-order chi connectivity index (χ0) is 25.9. The highest BCUT2D eigenvalue weighted by Crippen LogP contribution is 2.55. The molecule has 0 saturated heterocycles. The summed E-state index contributed by atoms with van der Waals surface area (Å²) < 4.78 is 35.7. The SMILES string of the molecule is CC(C)(C)OP(=O)(OCCOc1ccc2[nH]c(C(=O)O)c(Cc3ccccc3)c2c1)OC(C)(C)C. The smallest absolute Gasteiger partial charge is 0.475 e. The summed E-state index contributed by atoms with van der Waals surface area (Å²) in [7, 11) is -3.83. The van der Waals surface area contributed by atoms with Gasteiger partial charge in [-0.3, -0.25) is 13.6 Å². The van der Waals surface area contributed by atoms with Gasteiger partial charge in [0.05, 0.1) is 17.8 Å². The second-order valence-corrected chi connectivity index (χ2v) is 11.7. The molecule has 0 bridgehead atoms. The Hall–Kier alpha value is -2.64. The van der Waals surface area contributed by atoms with Crippen LogP contribution in [0.4, 0.5) is 0 Å². The molecule has 0 fully saturated rings. The fraction of sp³-hybridized carbons (Fsp3) is 0.423. The van der Waals surface area contributed by atoms with Crippen LogP contribution in [-0.2, 0) is 24.6 Å². The molecule has 0 spiro atoms. The third-order valence-electron chi connectivity index (χ3n) is 4.69. The highest BCUT2D eigenvalue weighted by atomic mass is 31.2. The molecule has 2 N–H and O–H groups in total. The van der Waals surface area contributed by atoms with Gasteiger partial charge in [0.15, 0.2) is 0 Å². The lowest BCUT2D eigenvalue weighted by atomic mass is 10.0. The van der Waals surface area contributed by atoms with E-state index in [1.54, 1.807) is 59.7 Å². The molecule has 0 unspecified atom stereocenters. The number of phosphoric ester groups is 1. The van der Waals surface area contributed by atoms with Crippen LogP contribution in [0.25, 0.3) is 10.9 Å². The topological polar surface area (TPSA) is 107 Å². The Balaban J connectivity index is 1.74. The van der Waals surface area contributed by atoms with E-state index in [4.69, 9.17) is 18.3 Å². The highest BCUT2D eigenvalue weighted by Gasteiger charge is 2.37. The third kappa shape index (κ3) is 7.94. The Morgan fingerprint density at radius 2 is 1.57 bits per heavy atom. The summed E-state index contributed by atoms with van der Waals surface area (Å²) in [6, 6.07) is 15.0. The molecule has 8 nitrogen and oxygen atoms in total. The zero-order valence-corrected chi connectivity index (χ0v) is 22.0. The number of phosphoric acid groups is 1. The number of hydrogen-bond acceptors (Lipinski definition) is 6. The van der Waals surface area contributed by atoms with E-state index in [1.807, 2.05) is 30.3 Å². The van der Waals surface area contributed by atoms with Gasteiger partial charge in [-0.1, -0.05) is 30.3 Å². The second-order valence-electron chi connectivity index (χ2n) is 10.2. The number of hydrogen-bond donors (Lipinski definition) is 2. The lowest BCUT2D eigenvalue weighted by Crippen LogP contribution is -2.25. The van der Waals surface area contributed by atoms with Gasteiger partial charge < -0.3 is 14.8 Å². The van der Waals surface area contributed by atoms with Crippen LogP contribution in [0.3, 0.4) is 0 Å². The maximum Gasteiger partial charge on any atom is 0.475 e. The largest absolute Gasteiger partial charge is 0.491 e. The summed E-state index contributed by atoms with van der Waals surface area (Å²) in [6.07, 6.45) is 0.465. The molecule has 1 heterocycles. The Bertz CT molecular complexity index is 1190. The van der Waals surface area contributed by atoms with Crippen LogP contribution >= 0.6 is 7.82 Å². The van der Waals surface area contributed by atoms with Crippen molar-refractivity contribution in [3.05, 3.63) is 65.4 Å². The Labute approximate surface area is 206 Å². The Morgan fingerprint density at radius 3 is 2.14 bits per heavy atom. The minimum absolute atomic E-state index is 0.0220. The molecule has 35 heavy (non-hydrogen) atoms. The molecule has 0 saturated carbocycles. The summed E-state index contributed by atoms with van der Waals surface area (Å²) in [5.74, 6) is -0.480. The normalized spacial score (nSPS) is 12.7. The molecule has 0 radical (unpaired) electrons. The van der Waals surface area contributed by atoms with Gasteiger partial charge in [-0.05, 0) is 70.9 Å². The Morgan fingerprint density at radius 1 is 0.943 bits per heavy atom. The number of benzene rings is 2. The van der Waals surface area contributed by atoms with E-state index < -0.39 is 25.0 Å². The van der Waals surface area contributed by atoms with Gasteiger partial charge in [0.2, 0.25) is 0 Å². The molecule has 0 aliphatic heterocycles. The molecule has 1 aromatic heterocycles. The minimum Gasteiger partial charge on any atom is -0.491 e. The molecule has 0 atom stereocenters. The van der Waals surface area contributed by atoms with E-state index in [0.717, 1.165) is 10.9 Å². The average Bonchev–Trinajstić information content (AvgIpc) is 3.07. The van der Waals surface area contributed by atoms with Crippen LogP contribution in [0.15, 0.2) is 48.5 Å². The second kappa shape index (κ2) is 10.5. The van der Waals surface area contributed by atoms with Gasteiger partial charge in [-0.25, -0.2) is 9.36 Å². The standard InChI is InChI=1S/C26H34NO7P/c1-25(2,3)33-35(30,34-26(4,5)6)32-15-14-31-19-12-13-22-20(17-19)21(23(27-22)24(28)29)16-18-10-8-7-9-11-18/h7-13,17,27H,14-16H2,1-6H3,(H,28,29). The number of aromatic carboxylic acids is 1. The van der Waals surface area contributed by atoms with Crippen LogP contribution in [0, 0.1) is 0 Å². The summed E-state index contributed by atoms with van der Waals surface area (Å²) >= 11 is 0. The van der Waals surface area contributed by atoms with Gasteiger partial charge >= 0.3 is 13.8 Å². The van der Waals surface area contributed by atoms with Crippen LogP contribution in [0.1, 0.15) is 63.2 Å². The number of rotatable bonds is 10. The fourth-order valence-corrected chi connectivity index (χ4v) is 5.32. The molecule has 2 aromatic carbocycles. The van der Waals surface area contributed by atoms with E-state index in [2.05, 4.69) is 4.98 Å². The highest BCUT2D eigenvalue weighted by molar-refractivity contribution is 7.48. The summed E-state index contributed by atoms with van der Waals surface area (Å²) in [6.45, 7) is 10.7. The number of H-pyrrole nitrogens is 1. The van der Waals surface area contributed by atoms with Crippen molar-refractivity contribution in [3.63, 3.8) is 0 Å². The Kier molecular flexibility index (Phi) is 8.12. The third-order valence-corrected chi connectivity index (χ3v) is 6.73. The van der Waals surface area contributed by atoms with Crippen molar-refractivity contribution >= 4 is 24.7 Å². The van der Waals surface area contributed by atoms with Gasteiger partial charge in [-0.15, -0.1) is 0 Å². The van der Waals surface area contributed by atoms with Gasteiger partial charge in [0.1, 0.15) is 18.1 Å². The van der Waals surface area contributed by atoms with Crippen molar-refractivity contribution in [1.29, 1.82) is 0 Å². The lowest BCUT2D eigenvalue weighted by molar-refractivity contribution is 0.000179. The lowest BCUT2D eigenvalue weighted by Gasteiger charge is -2.30. The maximum atomic E-state index is 13.1. The number of carbonyl (C=O) groups is 1. The number of carboxylic acid groups (broad SMARTS) is 1. The van der Waals surface area contributed by atoms with Crippen LogP contribution in [0.2, 0.25) is 0 Å². The quantitative estimate of drug-likeness (QED) is 0.237. The number of aromatic amines is 1. The van der Waals surface area contributed by atoms with Crippen molar-refractivity contribution in [3.8, 4) is 5.75 Å². The number of nitrogens with one attached hydrogen (secondary N) is 1. The monoisotopic (exact) mass is 503 g/mol. The fourth-order valence-electron chi connectivity index (χ4n) is 3.53. The summed E-state index contributed by atoms with van der Waals surface area (Å²) in [4.78, 5) is 14.8. The van der Waals surface area contributed by atoms with Crippen molar-refractivity contribution in [1.82, 2.24) is 4.98 Å². The van der Waals surface area contributed by atoms with Gasteiger partial charge in [0, 0.05) is 17.3 Å². The maximum absolute atomic E-state index is 13.1. The molecule has 3 rings (SSSR count). The molecule has 3 aromatic rings. The zero-order valence-electron chi connectivity index (χ0n) is 21.1. The molecular weight excluding hydrogens is 469 g/mol. The molecule has 0 aliphatic rings. The summed E-state index contributed by atoms with van der Waals surface area (Å²) in [5.41, 5.74) is 1.10. The summed E-state index contributed by atoms with van der Waals surface area (Å²) in [5, 5.41) is 10.5. The van der Waals surface area contributed by atoms with E-state index in [0.29, 0.717) is 23.3 Å². The molecular formula is C26H34NO7P. The first kappa shape index (κ1) is 27.0. The first-order valence-electron chi connectivity index (χ1n) is 11.5. The van der Waals surface area contributed by atoms with Crippen LogP contribution in [-0.4, -0.2) is 40.5 Å². The van der Waals surface area contributed by atoms with E-state index in [-0.39, 0.29) is 18.9 Å². The first-order chi connectivity index (χ1) is 16.2. The van der Waals surface area contributed by atoms with Gasteiger partial charge in [0.25, 0.3) is 0 Å².